The summed E-state index contributed by atoms with van der Waals surface area (Å²) in [7, 11) is 0. The molecular formula is C12H10BrF3O2. The second-order valence-corrected chi connectivity index (χ2v) is 5.22. The van der Waals surface area contributed by atoms with Gasteiger partial charge in [-0.1, -0.05) is 0 Å². The summed E-state index contributed by atoms with van der Waals surface area (Å²) in [6.07, 6.45) is 1.29. The quantitative estimate of drug-likeness (QED) is 0.675. The van der Waals surface area contributed by atoms with Crippen molar-refractivity contribution >= 4 is 21.9 Å². The number of halogens is 4. The third-order valence-electron chi connectivity index (χ3n) is 3.12. The zero-order valence-corrected chi connectivity index (χ0v) is 10.8. The van der Waals surface area contributed by atoms with Gasteiger partial charge in [0.05, 0.1) is 10.9 Å². The molecule has 0 heterocycles. The Balaban J connectivity index is 2.44. The highest BCUT2D eigenvalue weighted by Gasteiger charge is 2.36. The molecule has 18 heavy (non-hydrogen) atoms. The Morgan fingerprint density at radius 3 is 2.50 bits per heavy atom. The number of rotatable bonds is 4. The van der Waals surface area contributed by atoms with Crippen LogP contribution < -0.4 is 0 Å². The van der Waals surface area contributed by atoms with Crippen LogP contribution in [0.5, 0.6) is 0 Å². The number of hydrogen-bond donors (Lipinski definition) is 1. The average molecular weight is 323 g/mol. The van der Waals surface area contributed by atoms with E-state index in [4.69, 9.17) is 5.11 Å². The van der Waals surface area contributed by atoms with Crippen LogP contribution in [-0.2, 0) is 4.79 Å². The van der Waals surface area contributed by atoms with Gasteiger partial charge >= 0.3 is 5.97 Å². The normalized spacial score (nSPS) is 16.7. The molecule has 1 unspecified atom stereocenters. The molecule has 1 fully saturated rings. The minimum atomic E-state index is -1.29. The highest BCUT2D eigenvalue weighted by molar-refractivity contribution is 9.10. The molecule has 0 spiro atoms. The average Bonchev–Trinajstić information content (AvgIpc) is 3.12. The smallest absolute Gasteiger partial charge is 0.303 e. The number of hydrogen-bond acceptors (Lipinski definition) is 1. The van der Waals surface area contributed by atoms with Crippen molar-refractivity contribution in [3.8, 4) is 0 Å². The van der Waals surface area contributed by atoms with Crippen molar-refractivity contribution in [1.29, 1.82) is 0 Å². The molecule has 6 heteroatoms. The summed E-state index contributed by atoms with van der Waals surface area (Å²) in [5.41, 5.74) is -0.0642. The first-order valence-corrected chi connectivity index (χ1v) is 6.25. The van der Waals surface area contributed by atoms with Crippen LogP contribution in [-0.4, -0.2) is 11.1 Å². The molecule has 2 rings (SSSR count). The van der Waals surface area contributed by atoms with E-state index in [9.17, 15) is 18.0 Å². The van der Waals surface area contributed by atoms with E-state index in [1.165, 1.54) is 0 Å². The standard InChI is InChI=1S/C12H10BrF3O2/c13-10-11(15)7(3-8(14)12(10)16)6(4-9(17)18)5-1-2-5/h3,5-6H,1-2,4H2,(H,17,18). The minimum absolute atomic E-state index is 0.0346. The van der Waals surface area contributed by atoms with Crippen LogP contribution in [0, 0.1) is 23.4 Å². The Bertz CT molecular complexity index is 501. The van der Waals surface area contributed by atoms with Crippen molar-refractivity contribution in [3.63, 3.8) is 0 Å². The number of aliphatic carboxylic acids is 1. The number of carboxylic acid groups (broad SMARTS) is 1. The molecule has 1 aliphatic carbocycles. The third kappa shape index (κ3) is 2.53. The first kappa shape index (κ1) is 13.4. The Labute approximate surface area is 110 Å². The maximum Gasteiger partial charge on any atom is 0.303 e. The second-order valence-electron chi connectivity index (χ2n) is 4.43. The fourth-order valence-corrected chi connectivity index (χ4v) is 2.50. The highest BCUT2D eigenvalue weighted by Crippen LogP contribution is 2.46. The molecule has 1 aromatic rings. The highest BCUT2D eigenvalue weighted by atomic mass is 79.9. The summed E-state index contributed by atoms with van der Waals surface area (Å²) in [5.74, 6) is -5.02. The molecule has 0 aliphatic heterocycles. The Morgan fingerprint density at radius 2 is 2.00 bits per heavy atom. The van der Waals surface area contributed by atoms with Gasteiger partial charge in [0, 0.05) is 5.92 Å². The lowest BCUT2D eigenvalue weighted by atomic mass is 9.90. The maximum atomic E-state index is 13.9. The lowest BCUT2D eigenvalue weighted by Gasteiger charge is -2.16. The predicted molar refractivity (Wildman–Crippen MR) is 61.7 cm³/mol. The zero-order valence-electron chi connectivity index (χ0n) is 9.22. The van der Waals surface area contributed by atoms with Crippen molar-refractivity contribution in [2.24, 2.45) is 5.92 Å². The van der Waals surface area contributed by atoms with Crippen molar-refractivity contribution in [3.05, 3.63) is 33.6 Å². The Kier molecular flexibility index (Phi) is 3.66. The van der Waals surface area contributed by atoms with Crippen LogP contribution in [0.2, 0.25) is 0 Å². The monoisotopic (exact) mass is 322 g/mol. The summed E-state index contributed by atoms with van der Waals surface area (Å²) in [5, 5.41) is 8.80. The van der Waals surface area contributed by atoms with Crippen molar-refractivity contribution in [2.45, 2.75) is 25.2 Å². The molecule has 0 bridgehead atoms. The molecule has 1 aliphatic rings. The SMILES string of the molecule is O=C(O)CC(c1cc(F)c(F)c(Br)c1F)C1CC1. The first-order valence-electron chi connectivity index (χ1n) is 5.46. The third-order valence-corrected chi connectivity index (χ3v) is 3.81. The van der Waals surface area contributed by atoms with E-state index in [1.807, 2.05) is 0 Å². The molecule has 0 radical (unpaired) electrons. The van der Waals surface area contributed by atoms with Crippen LogP contribution in [0.4, 0.5) is 13.2 Å². The van der Waals surface area contributed by atoms with Gasteiger partial charge < -0.3 is 5.11 Å². The van der Waals surface area contributed by atoms with Gasteiger partial charge in [0.2, 0.25) is 0 Å². The topological polar surface area (TPSA) is 37.3 Å². The van der Waals surface area contributed by atoms with E-state index in [-0.39, 0.29) is 17.9 Å². The molecular weight excluding hydrogens is 313 g/mol. The van der Waals surface area contributed by atoms with Crippen LogP contribution in [0.25, 0.3) is 0 Å². The second kappa shape index (κ2) is 4.91. The lowest BCUT2D eigenvalue weighted by molar-refractivity contribution is -0.137. The van der Waals surface area contributed by atoms with Gasteiger partial charge in [-0.15, -0.1) is 0 Å². The minimum Gasteiger partial charge on any atom is -0.481 e. The van der Waals surface area contributed by atoms with Crippen LogP contribution in [0.3, 0.4) is 0 Å². The fourth-order valence-electron chi connectivity index (χ4n) is 2.08. The summed E-state index contributed by atoms with van der Waals surface area (Å²) in [4.78, 5) is 10.8. The van der Waals surface area contributed by atoms with Gasteiger partial charge in [-0.3, -0.25) is 4.79 Å². The molecule has 0 saturated heterocycles. The molecule has 0 amide bonds. The number of benzene rings is 1. The van der Waals surface area contributed by atoms with Crippen molar-refractivity contribution in [2.75, 3.05) is 0 Å². The van der Waals surface area contributed by atoms with E-state index < -0.39 is 33.8 Å². The van der Waals surface area contributed by atoms with E-state index in [2.05, 4.69) is 15.9 Å². The summed E-state index contributed by atoms with van der Waals surface area (Å²) in [6, 6.07) is 0.765. The van der Waals surface area contributed by atoms with Crippen LogP contribution in [0.1, 0.15) is 30.7 Å². The Morgan fingerprint density at radius 1 is 1.39 bits per heavy atom. The number of carboxylic acids is 1. The molecule has 0 aromatic heterocycles. The Hall–Kier alpha value is -1.04. The largest absolute Gasteiger partial charge is 0.481 e. The van der Waals surface area contributed by atoms with Gasteiger partial charge in [-0.25, -0.2) is 13.2 Å². The molecule has 98 valence electrons. The maximum absolute atomic E-state index is 13.9. The molecule has 1 atom stereocenters. The van der Waals surface area contributed by atoms with Crippen LogP contribution in [0.15, 0.2) is 10.5 Å². The summed E-state index contributed by atoms with van der Waals surface area (Å²) in [6.45, 7) is 0. The fraction of sp³-hybridized carbons (Fsp3) is 0.417. The molecule has 1 saturated carbocycles. The van der Waals surface area contributed by atoms with Crippen LogP contribution >= 0.6 is 15.9 Å². The van der Waals surface area contributed by atoms with E-state index in [1.54, 1.807) is 0 Å². The van der Waals surface area contributed by atoms with E-state index >= 15 is 0 Å². The van der Waals surface area contributed by atoms with Crippen molar-refractivity contribution in [1.82, 2.24) is 0 Å². The first-order chi connectivity index (χ1) is 8.41. The lowest BCUT2D eigenvalue weighted by Crippen LogP contribution is -2.11. The summed E-state index contributed by atoms with van der Waals surface area (Å²) >= 11 is 2.65. The van der Waals surface area contributed by atoms with Gasteiger partial charge in [0.25, 0.3) is 0 Å². The van der Waals surface area contributed by atoms with Gasteiger partial charge in [0.15, 0.2) is 11.6 Å². The number of carbonyl (C=O) groups is 1. The van der Waals surface area contributed by atoms with Gasteiger partial charge in [-0.05, 0) is 46.3 Å². The van der Waals surface area contributed by atoms with Crippen molar-refractivity contribution < 1.29 is 23.1 Å². The van der Waals surface area contributed by atoms with E-state index in [0.29, 0.717) is 0 Å². The molecule has 1 aromatic carbocycles. The van der Waals surface area contributed by atoms with Gasteiger partial charge in [-0.2, -0.15) is 0 Å². The summed E-state index contributed by atoms with van der Waals surface area (Å²) < 4.78 is 39.7. The molecule has 1 N–H and O–H groups in total. The van der Waals surface area contributed by atoms with Gasteiger partial charge in [0.1, 0.15) is 5.82 Å². The molecule has 2 nitrogen and oxygen atoms in total. The van der Waals surface area contributed by atoms with E-state index in [0.717, 1.165) is 18.9 Å². The predicted octanol–water partition coefficient (Wildman–Crippen LogP) is 3.83. The zero-order chi connectivity index (χ0) is 13.4.